The summed E-state index contributed by atoms with van der Waals surface area (Å²) in [5, 5.41) is 3.72. The second-order valence-electron chi connectivity index (χ2n) is 5.14. The molecule has 0 aliphatic carbocycles. The molecule has 108 valence electrons. The second-order valence-corrected chi connectivity index (χ2v) is 5.14. The number of hydrogen-bond donors (Lipinski definition) is 2. The maximum atomic E-state index is 12.2. The molecule has 3 amide bonds. The van der Waals surface area contributed by atoms with Gasteiger partial charge in [-0.25, -0.2) is 0 Å². The van der Waals surface area contributed by atoms with Crippen molar-refractivity contribution in [3.05, 3.63) is 36.0 Å². The molecule has 1 aliphatic heterocycles. The molecular weight excluding hydrogens is 270 g/mol. The Bertz CT molecular complexity index is 735. The summed E-state index contributed by atoms with van der Waals surface area (Å²) in [6.07, 6.45) is 2.42. The van der Waals surface area contributed by atoms with Crippen LogP contribution in [-0.2, 0) is 9.59 Å². The Morgan fingerprint density at radius 2 is 2.14 bits per heavy atom. The van der Waals surface area contributed by atoms with Crippen LogP contribution in [0.2, 0.25) is 0 Å². The summed E-state index contributed by atoms with van der Waals surface area (Å²) in [6.45, 7) is 0. The van der Waals surface area contributed by atoms with Crippen LogP contribution in [-0.4, -0.2) is 40.7 Å². The average Bonchev–Trinajstić information content (AvgIpc) is 2.95. The molecular formula is C15H15N3O3. The summed E-state index contributed by atoms with van der Waals surface area (Å²) in [5.74, 6) is -0.883. The lowest BCUT2D eigenvalue weighted by atomic mass is 10.0. The van der Waals surface area contributed by atoms with E-state index in [2.05, 4.69) is 10.3 Å². The molecule has 21 heavy (non-hydrogen) atoms. The summed E-state index contributed by atoms with van der Waals surface area (Å²) in [5.41, 5.74) is 1.35. The molecule has 6 nitrogen and oxygen atoms in total. The lowest BCUT2D eigenvalue weighted by Crippen LogP contribution is -2.52. The SMILES string of the molecule is CN1C(=O)CCC(NC(=O)c2ccc3cc[nH]c3c2)C1=O. The number of amides is 3. The molecule has 2 aromatic rings. The number of nitrogens with one attached hydrogen (secondary N) is 2. The number of piperidine rings is 1. The quantitative estimate of drug-likeness (QED) is 0.809. The molecule has 1 fully saturated rings. The van der Waals surface area contributed by atoms with Crippen molar-refractivity contribution in [3.63, 3.8) is 0 Å². The zero-order valence-electron chi connectivity index (χ0n) is 11.6. The Hall–Kier alpha value is -2.63. The Labute approximate surface area is 121 Å². The molecule has 0 radical (unpaired) electrons. The topological polar surface area (TPSA) is 82.3 Å². The Morgan fingerprint density at radius 1 is 1.33 bits per heavy atom. The molecule has 2 N–H and O–H groups in total. The van der Waals surface area contributed by atoms with Crippen LogP contribution in [0.4, 0.5) is 0 Å². The van der Waals surface area contributed by atoms with Gasteiger partial charge in [-0.3, -0.25) is 19.3 Å². The number of nitrogens with zero attached hydrogens (tertiary/aromatic N) is 1. The van der Waals surface area contributed by atoms with Gasteiger partial charge in [0.25, 0.3) is 11.8 Å². The van der Waals surface area contributed by atoms with Gasteiger partial charge in [-0.2, -0.15) is 0 Å². The third kappa shape index (κ3) is 2.40. The van der Waals surface area contributed by atoms with E-state index in [1.165, 1.54) is 7.05 Å². The lowest BCUT2D eigenvalue weighted by Gasteiger charge is -2.28. The zero-order chi connectivity index (χ0) is 15.0. The first-order valence-corrected chi connectivity index (χ1v) is 6.74. The first-order chi connectivity index (χ1) is 10.1. The number of imide groups is 1. The number of hydrogen-bond acceptors (Lipinski definition) is 3. The molecule has 1 aromatic heterocycles. The maximum absolute atomic E-state index is 12.2. The predicted octanol–water partition coefficient (Wildman–Crippen LogP) is 1.05. The molecule has 0 spiro atoms. The van der Waals surface area contributed by atoms with Gasteiger partial charge in [-0.15, -0.1) is 0 Å². The number of carbonyl (C=O) groups excluding carboxylic acids is 3. The summed E-state index contributed by atoms with van der Waals surface area (Å²) in [6, 6.07) is 6.58. The maximum Gasteiger partial charge on any atom is 0.252 e. The minimum absolute atomic E-state index is 0.210. The standard InChI is InChI=1S/C15H15N3O3/c1-18-13(19)5-4-11(15(18)21)17-14(20)10-3-2-9-6-7-16-12(9)8-10/h2-3,6-8,11,16H,4-5H2,1H3,(H,17,20). The van der Waals surface area contributed by atoms with E-state index in [0.29, 0.717) is 12.0 Å². The molecule has 2 heterocycles. The number of fused-ring (bicyclic) bond motifs is 1. The van der Waals surface area contributed by atoms with Crippen LogP contribution >= 0.6 is 0 Å². The van der Waals surface area contributed by atoms with Crippen LogP contribution in [0.3, 0.4) is 0 Å². The highest BCUT2D eigenvalue weighted by atomic mass is 16.2. The number of aromatic nitrogens is 1. The summed E-state index contributed by atoms with van der Waals surface area (Å²) in [4.78, 5) is 39.7. The number of carbonyl (C=O) groups is 3. The molecule has 1 unspecified atom stereocenters. The van der Waals surface area contributed by atoms with Gasteiger partial charge in [0.1, 0.15) is 6.04 Å². The fourth-order valence-electron chi connectivity index (χ4n) is 2.48. The van der Waals surface area contributed by atoms with Crippen LogP contribution in [0.1, 0.15) is 23.2 Å². The molecule has 3 rings (SSSR count). The van der Waals surface area contributed by atoms with Gasteiger partial charge < -0.3 is 10.3 Å². The molecule has 1 aromatic carbocycles. The minimum Gasteiger partial charge on any atom is -0.361 e. The van der Waals surface area contributed by atoms with E-state index in [1.54, 1.807) is 18.3 Å². The van der Waals surface area contributed by atoms with Crippen LogP contribution in [0, 0.1) is 0 Å². The van der Waals surface area contributed by atoms with Crippen molar-refractivity contribution in [3.8, 4) is 0 Å². The van der Waals surface area contributed by atoms with Crippen molar-refractivity contribution in [1.82, 2.24) is 15.2 Å². The van der Waals surface area contributed by atoms with Crippen molar-refractivity contribution >= 4 is 28.6 Å². The van der Waals surface area contributed by atoms with E-state index in [1.807, 2.05) is 12.1 Å². The number of H-pyrrole nitrogens is 1. The number of benzene rings is 1. The monoisotopic (exact) mass is 285 g/mol. The lowest BCUT2D eigenvalue weighted by molar-refractivity contribution is -0.147. The summed E-state index contributed by atoms with van der Waals surface area (Å²) >= 11 is 0. The van der Waals surface area contributed by atoms with E-state index < -0.39 is 6.04 Å². The van der Waals surface area contributed by atoms with Gasteiger partial charge in [0.05, 0.1) is 0 Å². The van der Waals surface area contributed by atoms with E-state index in [-0.39, 0.29) is 24.1 Å². The first-order valence-electron chi connectivity index (χ1n) is 6.74. The van der Waals surface area contributed by atoms with Gasteiger partial charge in [0, 0.05) is 30.7 Å². The molecule has 1 saturated heterocycles. The molecule has 0 saturated carbocycles. The molecule has 6 heteroatoms. The second kappa shape index (κ2) is 5.05. The Morgan fingerprint density at radius 3 is 2.95 bits per heavy atom. The molecule has 1 atom stereocenters. The van der Waals surface area contributed by atoms with E-state index in [9.17, 15) is 14.4 Å². The smallest absolute Gasteiger partial charge is 0.252 e. The van der Waals surface area contributed by atoms with Crippen molar-refractivity contribution < 1.29 is 14.4 Å². The number of aromatic amines is 1. The van der Waals surface area contributed by atoms with Crippen LogP contribution in [0.5, 0.6) is 0 Å². The third-order valence-electron chi connectivity index (χ3n) is 3.77. The summed E-state index contributed by atoms with van der Waals surface area (Å²) in [7, 11) is 1.44. The van der Waals surface area contributed by atoms with Gasteiger partial charge in [-0.05, 0) is 30.0 Å². The van der Waals surface area contributed by atoms with Gasteiger partial charge in [-0.1, -0.05) is 6.07 Å². The largest absolute Gasteiger partial charge is 0.361 e. The zero-order valence-corrected chi connectivity index (χ0v) is 11.6. The van der Waals surface area contributed by atoms with Gasteiger partial charge in [0.2, 0.25) is 5.91 Å². The molecule has 1 aliphatic rings. The van der Waals surface area contributed by atoms with Crippen molar-refractivity contribution in [2.75, 3.05) is 7.05 Å². The number of likely N-dealkylation sites (tertiary alicyclic amines) is 1. The van der Waals surface area contributed by atoms with Crippen molar-refractivity contribution in [2.24, 2.45) is 0 Å². The van der Waals surface area contributed by atoms with E-state index in [0.717, 1.165) is 15.8 Å². The van der Waals surface area contributed by atoms with Crippen LogP contribution < -0.4 is 5.32 Å². The van der Waals surface area contributed by atoms with Crippen molar-refractivity contribution in [1.29, 1.82) is 0 Å². The predicted molar refractivity (Wildman–Crippen MR) is 76.6 cm³/mol. The fourth-order valence-corrected chi connectivity index (χ4v) is 2.48. The fraction of sp³-hybridized carbons (Fsp3) is 0.267. The minimum atomic E-state index is -0.639. The summed E-state index contributed by atoms with van der Waals surface area (Å²) < 4.78 is 0. The van der Waals surface area contributed by atoms with Crippen molar-refractivity contribution in [2.45, 2.75) is 18.9 Å². The molecule has 0 bridgehead atoms. The number of rotatable bonds is 2. The van der Waals surface area contributed by atoms with Crippen LogP contribution in [0.25, 0.3) is 10.9 Å². The first kappa shape index (κ1) is 13.4. The van der Waals surface area contributed by atoms with E-state index in [4.69, 9.17) is 0 Å². The highest BCUT2D eigenvalue weighted by molar-refractivity contribution is 6.04. The number of likely N-dealkylation sites (N-methyl/N-ethyl adjacent to an activating group) is 1. The Balaban J connectivity index is 1.76. The highest BCUT2D eigenvalue weighted by Gasteiger charge is 2.32. The van der Waals surface area contributed by atoms with Gasteiger partial charge >= 0.3 is 0 Å². The normalized spacial score (nSPS) is 19.1. The third-order valence-corrected chi connectivity index (χ3v) is 3.77. The average molecular weight is 285 g/mol. The van der Waals surface area contributed by atoms with E-state index >= 15 is 0 Å². The highest BCUT2D eigenvalue weighted by Crippen LogP contribution is 2.16. The Kier molecular flexibility index (Phi) is 3.21. The van der Waals surface area contributed by atoms with Gasteiger partial charge in [0.15, 0.2) is 0 Å². The van der Waals surface area contributed by atoms with Crippen LogP contribution in [0.15, 0.2) is 30.5 Å².